The highest BCUT2D eigenvalue weighted by Gasteiger charge is 2.13. The summed E-state index contributed by atoms with van der Waals surface area (Å²) < 4.78 is 0. The van der Waals surface area contributed by atoms with E-state index >= 15 is 0 Å². The zero-order valence-electron chi connectivity index (χ0n) is 12.3. The fourth-order valence-corrected chi connectivity index (χ4v) is 1.66. The lowest BCUT2D eigenvalue weighted by molar-refractivity contribution is -0.122. The molecule has 2 amide bonds. The molecular weight excluding hydrogens is 254 g/mol. The molecule has 1 rings (SSSR count). The molecule has 110 valence electrons. The second-order valence-corrected chi connectivity index (χ2v) is 5.71. The summed E-state index contributed by atoms with van der Waals surface area (Å²) in [5.41, 5.74) is 6.79. The lowest BCUT2D eigenvalue weighted by Gasteiger charge is -2.20. The standard InChI is InChI=1S/C15H23N3O2/c1-15(2,3)18-13(19)8-9-17-14(20)12-6-4-11(10-16)5-7-12/h4-7H,8-10,16H2,1-3H3,(H,17,20)(H,18,19). The minimum absolute atomic E-state index is 0.0729. The van der Waals surface area contributed by atoms with Crippen molar-refractivity contribution in [3.63, 3.8) is 0 Å². The van der Waals surface area contributed by atoms with E-state index in [1.165, 1.54) is 0 Å². The molecule has 5 nitrogen and oxygen atoms in total. The molecule has 4 N–H and O–H groups in total. The van der Waals surface area contributed by atoms with Crippen molar-refractivity contribution in [1.29, 1.82) is 0 Å². The number of carbonyl (C=O) groups excluding carboxylic acids is 2. The van der Waals surface area contributed by atoms with Gasteiger partial charge in [0.2, 0.25) is 5.91 Å². The van der Waals surface area contributed by atoms with Gasteiger partial charge in [-0.2, -0.15) is 0 Å². The molecule has 0 radical (unpaired) electrons. The van der Waals surface area contributed by atoms with E-state index in [4.69, 9.17) is 5.73 Å². The Labute approximate surface area is 119 Å². The molecule has 5 heteroatoms. The summed E-state index contributed by atoms with van der Waals surface area (Å²) in [5.74, 6) is -0.256. The van der Waals surface area contributed by atoms with E-state index in [0.29, 0.717) is 18.7 Å². The fourth-order valence-electron chi connectivity index (χ4n) is 1.66. The first-order valence-electron chi connectivity index (χ1n) is 6.70. The van der Waals surface area contributed by atoms with E-state index in [2.05, 4.69) is 10.6 Å². The van der Waals surface area contributed by atoms with E-state index in [0.717, 1.165) is 5.56 Å². The maximum Gasteiger partial charge on any atom is 0.251 e. The molecule has 0 saturated carbocycles. The van der Waals surface area contributed by atoms with E-state index in [1.807, 2.05) is 32.9 Å². The van der Waals surface area contributed by atoms with Crippen LogP contribution in [-0.2, 0) is 11.3 Å². The van der Waals surface area contributed by atoms with E-state index < -0.39 is 0 Å². The molecule has 0 unspecified atom stereocenters. The van der Waals surface area contributed by atoms with Gasteiger partial charge in [0.1, 0.15) is 0 Å². The predicted molar refractivity (Wildman–Crippen MR) is 79.2 cm³/mol. The third kappa shape index (κ3) is 5.84. The van der Waals surface area contributed by atoms with Crippen molar-refractivity contribution in [2.75, 3.05) is 6.54 Å². The summed E-state index contributed by atoms with van der Waals surface area (Å²) in [6.07, 6.45) is 0.268. The number of hydrogen-bond donors (Lipinski definition) is 3. The van der Waals surface area contributed by atoms with Gasteiger partial charge in [0.25, 0.3) is 5.91 Å². The first kappa shape index (κ1) is 16.2. The van der Waals surface area contributed by atoms with Crippen molar-refractivity contribution >= 4 is 11.8 Å². The van der Waals surface area contributed by atoms with Crippen LogP contribution in [0.4, 0.5) is 0 Å². The molecule has 0 atom stereocenters. The zero-order valence-corrected chi connectivity index (χ0v) is 12.3. The highest BCUT2D eigenvalue weighted by molar-refractivity contribution is 5.94. The highest BCUT2D eigenvalue weighted by Crippen LogP contribution is 2.03. The van der Waals surface area contributed by atoms with Crippen molar-refractivity contribution in [3.05, 3.63) is 35.4 Å². The average Bonchev–Trinajstić information content (AvgIpc) is 2.36. The maximum atomic E-state index is 11.8. The van der Waals surface area contributed by atoms with Crippen molar-refractivity contribution < 1.29 is 9.59 Å². The van der Waals surface area contributed by atoms with Crippen LogP contribution in [0.2, 0.25) is 0 Å². The quantitative estimate of drug-likeness (QED) is 0.755. The molecule has 0 bridgehead atoms. The highest BCUT2D eigenvalue weighted by atomic mass is 16.2. The van der Waals surface area contributed by atoms with Crippen LogP contribution in [0.5, 0.6) is 0 Å². The Bertz CT molecular complexity index is 461. The number of rotatable bonds is 5. The Morgan fingerprint density at radius 1 is 1.15 bits per heavy atom. The zero-order chi connectivity index (χ0) is 15.2. The topological polar surface area (TPSA) is 84.2 Å². The lowest BCUT2D eigenvalue weighted by Crippen LogP contribution is -2.41. The van der Waals surface area contributed by atoms with E-state index in [1.54, 1.807) is 12.1 Å². The molecule has 20 heavy (non-hydrogen) atoms. The summed E-state index contributed by atoms with van der Waals surface area (Å²) in [6, 6.07) is 7.10. The van der Waals surface area contributed by atoms with Crippen LogP contribution >= 0.6 is 0 Å². The van der Waals surface area contributed by atoms with Crippen molar-refractivity contribution in [3.8, 4) is 0 Å². The Balaban J connectivity index is 2.38. The van der Waals surface area contributed by atoms with Crippen molar-refractivity contribution in [2.45, 2.75) is 39.3 Å². The van der Waals surface area contributed by atoms with Crippen LogP contribution in [0.15, 0.2) is 24.3 Å². The number of nitrogens with two attached hydrogens (primary N) is 1. The molecule has 0 heterocycles. The monoisotopic (exact) mass is 277 g/mol. The van der Waals surface area contributed by atoms with Crippen LogP contribution in [0.1, 0.15) is 43.1 Å². The first-order chi connectivity index (χ1) is 9.31. The minimum Gasteiger partial charge on any atom is -0.352 e. The Hall–Kier alpha value is -1.88. The molecule has 0 saturated heterocycles. The maximum absolute atomic E-state index is 11.8. The average molecular weight is 277 g/mol. The Kier molecular flexibility index (Phi) is 5.70. The summed E-state index contributed by atoms with van der Waals surface area (Å²) in [7, 11) is 0. The van der Waals surface area contributed by atoms with Gasteiger partial charge in [0.15, 0.2) is 0 Å². The SMILES string of the molecule is CC(C)(C)NC(=O)CCNC(=O)c1ccc(CN)cc1. The molecule has 0 aliphatic heterocycles. The lowest BCUT2D eigenvalue weighted by atomic mass is 10.1. The third-order valence-corrected chi connectivity index (χ3v) is 2.60. The Morgan fingerprint density at radius 2 is 1.75 bits per heavy atom. The number of carbonyl (C=O) groups is 2. The van der Waals surface area contributed by atoms with Gasteiger partial charge in [-0.1, -0.05) is 12.1 Å². The molecule has 0 aliphatic rings. The van der Waals surface area contributed by atoms with Crippen LogP contribution in [0, 0.1) is 0 Å². The van der Waals surface area contributed by atoms with Gasteiger partial charge in [-0.05, 0) is 38.5 Å². The molecule has 0 spiro atoms. The van der Waals surface area contributed by atoms with Crippen molar-refractivity contribution in [2.24, 2.45) is 5.73 Å². The third-order valence-electron chi connectivity index (χ3n) is 2.60. The Morgan fingerprint density at radius 3 is 2.25 bits per heavy atom. The predicted octanol–water partition coefficient (Wildman–Crippen LogP) is 1.18. The number of benzene rings is 1. The molecule has 1 aromatic carbocycles. The second kappa shape index (κ2) is 7.05. The smallest absolute Gasteiger partial charge is 0.251 e. The van der Waals surface area contributed by atoms with Crippen LogP contribution in [0.3, 0.4) is 0 Å². The summed E-state index contributed by atoms with van der Waals surface area (Å²) in [4.78, 5) is 23.4. The molecule has 0 fully saturated rings. The minimum atomic E-state index is -0.251. The molecule has 0 aromatic heterocycles. The van der Waals surface area contributed by atoms with Gasteiger partial charge in [0.05, 0.1) is 0 Å². The van der Waals surface area contributed by atoms with Gasteiger partial charge < -0.3 is 16.4 Å². The van der Waals surface area contributed by atoms with Gasteiger partial charge in [-0.15, -0.1) is 0 Å². The fraction of sp³-hybridized carbons (Fsp3) is 0.467. The van der Waals surface area contributed by atoms with E-state index in [-0.39, 0.29) is 23.8 Å². The number of nitrogens with one attached hydrogen (secondary N) is 2. The van der Waals surface area contributed by atoms with E-state index in [9.17, 15) is 9.59 Å². The van der Waals surface area contributed by atoms with Crippen LogP contribution < -0.4 is 16.4 Å². The summed E-state index contributed by atoms with van der Waals surface area (Å²) in [5, 5.41) is 5.57. The largest absolute Gasteiger partial charge is 0.352 e. The van der Waals surface area contributed by atoms with Crippen LogP contribution in [0.25, 0.3) is 0 Å². The number of hydrogen-bond acceptors (Lipinski definition) is 3. The normalized spacial score (nSPS) is 11.0. The summed E-state index contributed by atoms with van der Waals surface area (Å²) in [6.45, 7) is 6.53. The van der Waals surface area contributed by atoms with Gasteiger partial charge in [-0.3, -0.25) is 9.59 Å². The first-order valence-corrected chi connectivity index (χ1v) is 6.70. The van der Waals surface area contributed by atoms with Gasteiger partial charge in [0, 0.05) is 30.6 Å². The summed E-state index contributed by atoms with van der Waals surface area (Å²) >= 11 is 0. The van der Waals surface area contributed by atoms with Gasteiger partial charge >= 0.3 is 0 Å². The van der Waals surface area contributed by atoms with Gasteiger partial charge in [-0.25, -0.2) is 0 Å². The molecule has 1 aromatic rings. The number of amides is 2. The second-order valence-electron chi connectivity index (χ2n) is 5.71. The molecular formula is C15H23N3O2. The molecule has 0 aliphatic carbocycles. The van der Waals surface area contributed by atoms with Crippen molar-refractivity contribution in [1.82, 2.24) is 10.6 Å². The van der Waals surface area contributed by atoms with Crippen LogP contribution in [-0.4, -0.2) is 23.9 Å².